The molecule has 0 radical (unpaired) electrons. The van der Waals surface area contributed by atoms with Crippen molar-refractivity contribution < 1.29 is 0 Å². The molecule has 1 atom stereocenters. The van der Waals surface area contributed by atoms with Gasteiger partial charge in [0, 0.05) is 11.4 Å². The van der Waals surface area contributed by atoms with Crippen molar-refractivity contribution in [2.75, 3.05) is 0 Å². The van der Waals surface area contributed by atoms with Gasteiger partial charge in [0.25, 0.3) is 0 Å². The van der Waals surface area contributed by atoms with Gasteiger partial charge in [-0.1, -0.05) is 5.57 Å². The molecule has 0 bridgehead atoms. The summed E-state index contributed by atoms with van der Waals surface area (Å²) >= 11 is 1.65. The fourth-order valence-corrected chi connectivity index (χ4v) is 1.78. The summed E-state index contributed by atoms with van der Waals surface area (Å²) in [6.07, 6.45) is 1.93. The van der Waals surface area contributed by atoms with Crippen LogP contribution in [0.5, 0.6) is 0 Å². The van der Waals surface area contributed by atoms with Gasteiger partial charge in [-0.15, -0.1) is 17.9 Å². The lowest BCUT2D eigenvalue weighted by atomic mass is 10.1. The monoisotopic (exact) mass is 196 g/mol. The van der Waals surface area contributed by atoms with Crippen LogP contribution < -0.4 is 5.73 Å². The molecule has 0 spiro atoms. The van der Waals surface area contributed by atoms with Gasteiger partial charge in [0.2, 0.25) is 0 Å². The molecule has 13 heavy (non-hydrogen) atoms. The van der Waals surface area contributed by atoms with Gasteiger partial charge < -0.3 is 5.73 Å². The van der Waals surface area contributed by atoms with Crippen molar-refractivity contribution in [3.05, 3.63) is 28.2 Å². The van der Waals surface area contributed by atoms with E-state index in [-0.39, 0.29) is 6.04 Å². The molecule has 0 saturated carbocycles. The van der Waals surface area contributed by atoms with Crippen LogP contribution in [0.25, 0.3) is 0 Å². The zero-order chi connectivity index (χ0) is 9.84. The van der Waals surface area contributed by atoms with Crippen molar-refractivity contribution in [1.82, 2.24) is 4.98 Å². The minimum atomic E-state index is 0.0710. The standard InChI is InChI=1S/C10H16N2S/c1-7(2)4-5-9(11)10-6-13-8(3)12-10/h6,9H,1,4-5,11H2,2-3H3. The van der Waals surface area contributed by atoms with Gasteiger partial charge in [0.05, 0.1) is 10.7 Å². The second-order valence-electron chi connectivity index (χ2n) is 3.39. The fourth-order valence-electron chi connectivity index (χ4n) is 1.10. The van der Waals surface area contributed by atoms with E-state index in [4.69, 9.17) is 5.73 Å². The van der Waals surface area contributed by atoms with Crippen LogP contribution in [0.15, 0.2) is 17.5 Å². The second-order valence-corrected chi connectivity index (χ2v) is 4.46. The molecule has 2 nitrogen and oxygen atoms in total. The van der Waals surface area contributed by atoms with Crippen molar-refractivity contribution in [1.29, 1.82) is 0 Å². The Morgan fingerprint density at radius 3 is 2.92 bits per heavy atom. The highest BCUT2D eigenvalue weighted by atomic mass is 32.1. The van der Waals surface area contributed by atoms with E-state index >= 15 is 0 Å². The zero-order valence-electron chi connectivity index (χ0n) is 8.21. The number of thiazole rings is 1. The smallest absolute Gasteiger partial charge is 0.0898 e. The molecule has 1 heterocycles. The maximum Gasteiger partial charge on any atom is 0.0898 e. The number of nitrogens with two attached hydrogens (primary N) is 1. The largest absolute Gasteiger partial charge is 0.323 e. The predicted molar refractivity (Wildman–Crippen MR) is 57.8 cm³/mol. The molecule has 0 amide bonds. The van der Waals surface area contributed by atoms with E-state index in [9.17, 15) is 0 Å². The summed E-state index contributed by atoms with van der Waals surface area (Å²) < 4.78 is 0. The summed E-state index contributed by atoms with van der Waals surface area (Å²) in [6.45, 7) is 7.88. The molecule has 1 rings (SSSR count). The van der Waals surface area contributed by atoms with Crippen LogP contribution in [0, 0.1) is 6.92 Å². The lowest BCUT2D eigenvalue weighted by Gasteiger charge is -2.07. The van der Waals surface area contributed by atoms with Gasteiger partial charge in [0.1, 0.15) is 0 Å². The Kier molecular flexibility index (Phi) is 3.63. The van der Waals surface area contributed by atoms with Gasteiger partial charge in [-0.25, -0.2) is 4.98 Å². The zero-order valence-corrected chi connectivity index (χ0v) is 9.03. The molecule has 1 aromatic rings. The highest BCUT2D eigenvalue weighted by Gasteiger charge is 2.08. The predicted octanol–water partition coefficient (Wildman–Crippen LogP) is 2.81. The Bertz CT molecular complexity index is 291. The van der Waals surface area contributed by atoms with Gasteiger partial charge in [-0.3, -0.25) is 0 Å². The summed E-state index contributed by atoms with van der Waals surface area (Å²) in [7, 11) is 0. The minimum Gasteiger partial charge on any atom is -0.323 e. The van der Waals surface area contributed by atoms with Crippen LogP contribution >= 0.6 is 11.3 Å². The number of nitrogens with zero attached hydrogens (tertiary/aromatic N) is 1. The molecule has 0 aliphatic heterocycles. The molecular weight excluding hydrogens is 180 g/mol. The topological polar surface area (TPSA) is 38.9 Å². The summed E-state index contributed by atoms with van der Waals surface area (Å²) in [6, 6.07) is 0.0710. The third-order valence-electron chi connectivity index (χ3n) is 1.90. The molecule has 0 saturated heterocycles. The summed E-state index contributed by atoms with van der Waals surface area (Å²) in [4.78, 5) is 4.35. The highest BCUT2D eigenvalue weighted by molar-refractivity contribution is 7.09. The van der Waals surface area contributed by atoms with Crippen molar-refractivity contribution >= 4 is 11.3 Å². The molecule has 0 aliphatic carbocycles. The first-order chi connectivity index (χ1) is 6.09. The molecule has 0 aliphatic rings. The Balaban J connectivity index is 2.48. The second kappa shape index (κ2) is 4.53. The molecule has 1 unspecified atom stereocenters. The Labute approximate surface area is 83.5 Å². The Morgan fingerprint density at radius 2 is 2.46 bits per heavy atom. The first-order valence-electron chi connectivity index (χ1n) is 4.41. The van der Waals surface area contributed by atoms with E-state index in [1.807, 2.05) is 19.2 Å². The molecule has 1 aromatic heterocycles. The lowest BCUT2D eigenvalue weighted by molar-refractivity contribution is 0.634. The number of hydrogen-bond acceptors (Lipinski definition) is 3. The van der Waals surface area contributed by atoms with Crippen molar-refractivity contribution in [3.8, 4) is 0 Å². The van der Waals surface area contributed by atoms with Gasteiger partial charge in [-0.05, 0) is 26.7 Å². The third kappa shape index (κ3) is 3.28. The Hall–Kier alpha value is -0.670. The van der Waals surface area contributed by atoms with Crippen molar-refractivity contribution in [2.45, 2.75) is 32.7 Å². The van der Waals surface area contributed by atoms with E-state index in [1.165, 1.54) is 5.57 Å². The van der Waals surface area contributed by atoms with Crippen LogP contribution in [-0.4, -0.2) is 4.98 Å². The maximum atomic E-state index is 5.96. The van der Waals surface area contributed by atoms with E-state index in [2.05, 4.69) is 11.6 Å². The molecule has 0 fully saturated rings. The average molecular weight is 196 g/mol. The average Bonchev–Trinajstić information content (AvgIpc) is 2.47. The fraction of sp³-hybridized carbons (Fsp3) is 0.500. The van der Waals surface area contributed by atoms with Crippen LogP contribution in [0.4, 0.5) is 0 Å². The molecule has 72 valence electrons. The van der Waals surface area contributed by atoms with Crippen LogP contribution in [-0.2, 0) is 0 Å². The van der Waals surface area contributed by atoms with Crippen LogP contribution in [0.3, 0.4) is 0 Å². The van der Waals surface area contributed by atoms with Crippen molar-refractivity contribution in [2.24, 2.45) is 5.73 Å². The Morgan fingerprint density at radius 1 is 1.77 bits per heavy atom. The normalized spacial score (nSPS) is 12.8. The first-order valence-corrected chi connectivity index (χ1v) is 5.29. The van der Waals surface area contributed by atoms with E-state index < -0.39 is 0 Å². The maximum absolute atomic E-state index is 5.96. The quantitative estimate of drug-likeness (QED) is 0.752. The van der Waals surface area contributed by atoms with E-state index in [1.54, 1.807) is 11.3 Å². The minimum absolute atomic E-state index is 0.0710. The van der Waals surface area contributed by atoms with E-state index in [0.29, 0.717) is 0 Å². The molecule has 0 aromatic carbocycles. The lowest BCUT2D eigenvalue weighted by Crippen LogP contribution is -2.10. The molecule has 2 N–H and O–H groups in total. The van der Waals surface area contributed by atoms with Gasteiger partial charge >= 0.3 is 0 Å². The number of aromatic nitrogens is 1. The number of aryl methyl sites for hydroxylation is 1. The van der Waals surface area contributed by atoms with E-state index in [0.717, 1.165) is 23.5 Å². The van der Waals surface area contributed by atoms with Gasteiger partial charge in [0.15, 0.2) is 0 Å². The third-order valence-corrected chi connectivity index (χ3v) is 2.69. The van der Waals surface area contributed by atoms with Crippen molar-refractivity contribution in [3.63, 3.8) is 0 Å². The summed E-state index contributed by atoms with van der Waals surface area (Å²) in [5.74, 6) is 0. The highest BCUT2D eigenvalue weighted by Crippen LogP contribution is 2.19. The first kappa shape index (κ1) is 10.4. The number of hydrogen-bond donors (Lipinski definition) is 1. The number of allylic oxidation sites excluding steroid dienone is 1. The molecular formula is C10H16N2S. The van der Waals surface area contributed by atoms with Crippen LogP contribution in [0.2, 0.25) is 0 Å². The summed E-state index contributed by atoms with van der Waals surface area (Å²) in [5, 5.41) is 3.12. The SMILES string of the molecule is C=C(C)CCC(N)c1csc(C)n1. The van der Waals surface area contributed by atoms with Gasteiger partial charge in [-0.2, -0.15) is 0 Å². The van der Waals surface area contributed by atoms with Crippen LogP contribution in [0.1, 0.15) is 36.5 Å². The molecule has 3 heteroatoms. The number of rotatable bonds is 4. The summed E-state index contributed by atoms with van der Waals surface area (Å²) in [5.41, 5.74) is 8.16.